The molecule has 1 atom stereocenters. The predicted molar refractivity (Wildman–Crippen MR) is 71.9 cm³/mol. The number of aldehydes is 1. The van der Waals surface area contributed by atoms with Gasteiger partial charge in [-0.1, -0.05) is 30.3 Å². The minimum atomic E-state index is -3.86. The van der Waals surface area contributed by atoms with Crippen LogP contribution in [-0.4, -0.2) is 24.6 Å². The third-order valence-electron chi connectivity index (χ3n) is 2.66. The van der Waals surface area contributed by atoms with E-state index >= 15 is 0 Å². The summed E-state index contributed by atoms with van der Waals surface area (Å²) in [5, 5.41) is 8.76. The van der Waals surface area contributed by atoms with E-state index in [-0.39, 0.29) is 19.6 Å². The molecule has 0 heterocycles. The Labute approximate surface area is 113 Å². The number of hydrogen-bond donors (Lipinski definition) is 1. The number of rotatable bonds is 8. The fourth-order valence-electron chi connectivity index (χ4n) is 1.80. The number of aliphatic hydroxyl groups is 1. The lowest BCUT2D eigenvalue weighted by Gasteiger charge is -2.33. The quantitative estimate of drug-likeness (QED) is 0.587. The van der Waals surface area contributed by atoms with Crippen molar-refractivity contribution in [3.63, 3.8) is 0 Å². The van der Waals surface area contributed by atoms with Crippen LogP contribution in [0.15, 0.2) is 30.3 Å². The smallest absolute Gasteiger partial charge is 0.366 e. The van der Waals surface area contributed by atoms with E-state index in [4.69, 9.17) is 9.05 Å². The van der Waals surface area contributed by atoms with E-state index in [0.717, 1.165) is 0 Å². The van der Waals surface area contributed by atoms with Crippen molar-refractivity contribution in [2.24, 2.45) is 0 Å². The summed E-state index contributed by atoms with van der Waals surface area (Å²) < 4.78 is 23.1. The molecule has 0 amide bonds. The van der Waals surface area contributed by atoms with Gasteiger partial charge in [-0.05, 0) is 19.4 Å². The summed E-state index contributed by atoms with van der Waals surface area (Å²) in [6, 6.07) is 8.32. The van der Waals surface area contributed by atoms with Crippen LogP contribution in [0.5, 0.6) is 0 Å². The lowest BCUT2D eigenvalue weighted by molar-refractivity contribution is -0.111. The molecule has 0 fully saturated rings. The average molecular weight is 286 g/mol. The van der Waals surface area contributed by atoms with Crippen molar-refractivity contribution in [1.29, 1.82) is 0 Å². The molecule has 1 aromatic carbocycles. The number of benzene rings is 1. The van der Waals surface area contributed by atoms with Crippen molar-refractivity contribution in [3.05, 3.63) is 35.9 Å². The molecule has 0 spiro atoms. The van der Waals surface area contributed by atoms with Crippen LogP contribution in [0.3, 0.4) is 0 Å². The predicted octanol–water partition coefficient (Wildman–Crippen LogP) is 2.69. The molecule has 1 rings (SSSR count). The van der Waals surface area contributed by atoms with Gasteiger partial charge >= 0.3 is 7.60 Å². The fraction of sp³-hybridized carbons (Fsp3) is 0.462. The van der Waals surface area contributed by atoms with Crippen LogP contribution in [0.2, 0.25) is 0 Å². The minimum Gasteiger partial charge on any atom is -0.373 e. The summed E-state index contributed by atoms with van der Waals surface area (Å²) in [5.74, 6) is 0. The van der Waals surface area contributed by atoms with Gasteiger partial charge in [0, 0.05) is 6.42 Å². The van der Waals surface area contributed by atoms with Crippen molar-refractivity contribution in [2.75, 3.05) is 13.2 Å². The highest BCUT2D eigenvalue weighted by atomic mass is 31.2. The van der Waals surface area contributed by atoms with Gasteiger partial charge in [0.2, 0.25) is 0 Å². The lowest BCUT2D eigenvalue weighted by atomic mass is 10.1. The van der Waals surface area contributed by atoms with Crippen molar-refractivity contribution >= 4 is 13.9 Å². The number of hydrogen-bond acceptors (Lipinski definition) is 5. The first-order valence-electron chi connectivity index (χ1n) is 6.14. The van der Waals surface area contributed by atoms with Crippen molar-refractivity contribution in [3.8, 4) is 0 Å². The average Bonchev–Trinajstić information content (AvgIpc) is 2.40. The van der Waals surface area contributed by atoms with E-state index in [9.17, 15) is 14.5 Å². The van der Waals surface area contributed by atoms with E-state index in [1.807, 2.05) is 0 Å². The Morgan fingerprint density at radius 2 is 1.74 bits per heavy atom. The Kier molecular flexibility index (Phi) is 5.88. The van der Waals surface area contributed by atoms with Gasteiger partial charge in [-0.2, -0.15) is 0 Å². The molecular weight excluding hydrogens is 267 g/mol. The van der Waals surface area contributed by atoms with Crippen molar-refractivity contribution in [2.45, 2.75) is 25.6 Å². The zero-order valence-electron chi connectivity index (χ0n) is 11.1. The van der Waals surface area contributed by atoms with Crippen LogP contribution in [-0.2, 0) is 23.7 Å². The molecular formula is C13H19O5P. The molecule has 0 aromatic heterocycles. The largest absolute Gasteiger partial charge is 0.373 e. The summed E-state index contributed by atoms with van der Waals surface area (Å²) in [6.45, 7) is 3.53. The molecule has 0 saturated heterocycles. The third-order valence-corrected chi connectivity index (χ3v) is 5.20. The zero-order valence-corrected chi connectivity index (χ0v) is 12.0. The SMILES string of the molecule is CCOP(=O)(OCC)[C@](O)(CC=O)c1ccccc1. The molecule has 0 aliphatic heterocycles. The van der Waals surface area contributed by atoms with Gasteiger partial charge < -0.3 is 18.9 Å². The fourth-order valence-corrected chi connectivity index (χ4v) is 3.74. The molecule has 6 heteroatoms. The van der Waals surface area contributed by atoms with E-state index in [1.165, 1.54) is 0 Å². The Morgan fingerprint density at radius 1 is 1.21 bits per heavy atom. The Morgan fingerprint density at radius 3 is 2.16 bits per heavy atom. The highest BCUT2D eigenvalue weighted by Crippen LogP contribution is 2.64. The second-order valence-corrected chi connectivity index (χ2v) is 6.14. The normalized spacial score (nSPS) is 14.9. The van der Waals surface area contributed by atoms with Gasteiger partial charge in [-0.25, -0.2) is 0 Å². The molecule has 19 heavy (non-hydrogen) atoms. The first-order valence-corrected chi connectivity index (χ1v) is 7.69. The highest BCUT2D eigenvalue weighted by Gasteiger charge is 2.50. The van der Waals surface area contributed by atoms with Crippen LogP contribution in [0, 0.1) is 0 Å². The first-order chi connectivity index (χ1) is 9.04. The van der Waals surface area contributed by atoms with Gasteiger partial charge in [-0.15, -0.1) is 0 Å². The highest BCUT2D eigenvalue weighted by molar-refractivity contribution is 7.55. The molecule has 0 aliphatic rings. The third kappa shape index (κ3) is 3.31. The standard InChI is InChI=1S/C13H19O5P/c1-3-17-19(16,18-4-2)13(15,10-11-14)12-8-6-5-7-9-12/h5-9,11,15H,3-4,10H2,1-2H3/t13-/m1/s1. The monoisotopic (exact) mass is 286 g/mol. The van der Waals surface area contributed by atoms with Gasteiger partial charge in [0.05, 0.1) is 13.2 Å². The molecule has 0 bridgehead atoms. The topological polar surface area (TPSA) is 72.8 Å². The van der Waals surface area contributed by atoms with E-state index in [2.05, 4.69) is 0 Å². The van der Waals surface area contributed by atoms with Gasteiger partial charge in [0.15, 0.2) is 5.34 Å². The molecule has 1 aromatic rings. The van der Waals surface area contributed by atoms with Crippen LogP contribution < -0.4 is 0 Å². The molecule has 0 unspecified atom stereocenters. The zero-order chi connectivity index (χ0) is 14.4. The number of carbonyl (C=O) groups excluding carboxylic acids is 1. The molecule has 5 nitrogen and oxygen atoms in total. The van der Waals surface area contributed by atoms with Crippen LogP contribution in [0.25, 0.3) is 0 Å². The maximum atomic E-state index is 12.8. The lowest BCUT2D eigenvalue weighted by Crippen LogP contribution is -2.29. The van der Waals surface area contributed by atoms with Crippen LogP contribution in [0.1, 0.15) is 25.8 Å². The van der Waals surface area contributed by atoms with E-state index in [0.29, 0.717) is 11.8 Å². The van der Waals surface area contributed by atoms with Crippen LogP contribution in [0.4, 0.5) is 0 Å². The molecule has 1 N–H and O–H groups in total. The molecule has 106 valence electrons. The summed E-state index contributed by atoms with van der Waals surface area (Å²) in [6.07, 6.45) is 0.159. The second-order valence-electron chi connectivity index (χ2n) is 3.89. The molecule has 0 saturated carbocycles. The minimum absolute atomic E-state index is 0.116. The Hall–Kier alpha value is -1.00. The summed E-state index contributed by atoms with van der Waals surface area (Å²) in [4.78, 5) is 10.9. The van der Waals surface area contributed by atoms with Gasteiger partial charge in [0.1, 0.15) is 6.29 Å². The second kappa shape index (κ2) is 6.96. The Balaban J connectivity index is 3.30. The van der Waals surface area contributed by atoms with Gasteiger partial charge in [0.25, 0.3) is 0 Å². The summed E-state index contributed by atoms with van der Waals surface area (Å²) in [7, 11) is -3.86. The molecule has 0 radical (unpaired) electrons. The van der Waals surface area contributed by atoms with Gasteiger partial charge in [-0.3, -0.25) is 4.57 Å². The maximum absolute atomic E-state index is 12.8. The Bertz CT molecular complexity index is 438. The van der Waals surface area contributed by atoms with Crippen molar-refractivity contribution in [1.82, 2.24) is 0 Å². The van der Waals surface area contributed by atoms with Crippen LogP contribution >= 0.6 is 7.60 Å². The van der Waals surface area contributed by atoms with E-state index < -0.39 is 12.9 Å². The number of carbonyl (C=O) groups is 1. The van der Waals surface area contributed by atoms with Crippen molar-refractivity contribution < 1.29 is 23.5 Å². The molecule has 0 aliphatic carbocycles. The van der Waals surface area contributed by atoms with E-state index in [1.54, 1.807) is 44.2 Å². The summed E-state index contributed by atoms with van der Waals surface area (Å²) >= 11 is 0. The summed E-state index contributed by atoms with van der Waals surface area (Å²) in [5.41, 5.74) is 0.340. The maximum Gasteiger partial charge on any atom is 0.366 e. The first kappa shape index (κ1) is 16.1.